The van der Waals surface area contributed by atoms with Crippen molar-refractivity contribution >= 4 is 28.5 Å². The zero-order chi connectivity index (χ0) is 12.4. The Labute approximate surface area is 127 Å². The molecule has 2 heterocycles. The van der Waals surface area contributed by atoms with Crippen LogP contribution in [0.15, 0.2) is 30.3 Å². The van der Waals surface area contributed by atoms with E-state index in [0.29, 0.717) is 5.92 Å². The number of nitrogens with one attached hydrogen (secondary N) is 1. The monoisotopic (exact) mass is 340 g/mol. The molecular weight excluding hydrogens is 324 g/mol. The van der Waals surface area contributed by atoms with E-state index in [1.165, 1.54) is 11.5 Å². The number of nitrogens with zero attached hydrogens (tertiary/aromatic N) is 1. The summed E-state index contributed by atoms with van der Waals surface area (Å²) in [6.07, 6.45) is 2.15. The minimum Gasteiger partial charge on any atom is -0.492 e. The van der Waals surface area contributed by atoms with Gasteiger partial charge in [0.05, 0.1) is 4.88 Å². The van der Waals surface area contributed by atoms with Gasteiger partial charge in [0.1, 0.15) is 0 Å². The highest BCUT2D eigenvalue weighted by Gasteiger charge is 2.24. The van der Waals surface area contributed by atoms with E-state index < -0.39 is 0 Å². The van der Waals surface area contributed by atoms with Crippen LogP contribution >= 0.6 is 28.5 Å². The van der Waals surface area contributed by atoms with Crippen molar-refractivity contribution in [2.24, 2.45) is 0 Å². The predicted molar refractivity (Wildman–Crippen MR) is 84.4 cm³/mol. The summed E-state index contributed by atoms with van der Waals surface area (Å²) in [5.41, 5.74) is 2.21. The summed E-state index contributed by atoms with van der Waals surface area (Å²) < 4.78 is 4.14. The van der Waals surface area contributed by atoms with Crippen LogP contribution in [0.2, 0.25) is 0 Å². The van der Waals surface area contributed by atoms with Crippen molar-refractivity contribution in [3.8, 4) is 16.3 Å². The number of hydrogen-bond donors (Lipinski definition) is 2. The second-order valence-corrected chi connectivity index (χ2v) is 5.41. The van der Waals surface area contributed by atoms with Crippen molar-refractivity contribution in [1.29, 1.82) is 0 Å². The minimum absolute atomic E-state index is 0. The van der Waals surface area contributed by atoms with Crippen molar-refractivity contribution in [1.82, 2.24) is 9.69 Å². The topological polar surface area (TPSA) is 45.2 Å². The Hall–Kier alpha value is -0.910. The highest BCUT2D eigenvalue weighted by molar-refractivity contribution is 8.93. The first-order valence-electron chi connectivity index (χ1n) is 6.31. The largest absolute Gasteiger partial charge is 0.492 e. The molecule has 102 valence electrons. The van der Waals surface area contributed by atoms with Gasteiger partial charge in [0, 0.05) is 5.56 Å². The summed E-state index contributed by atoms with van der Waals surface area (Å²) in [4.78, 5) is 1.13. The number of halogens is 1. The molecule has 3 rings (SSSR count). The average Bonchev–Trinajstić information content (AvgIpc) is 2.83. The Balaban J connectivity index is 0.00000133. The molecule has 0 atom stereocenters. The van der Waals surface area contributed by atoms with Crippen molar-refractivity contribution < 1.29 is 5.11 Å². The van der Waals surface area contributed by atoms with Crippen molar-refractivity contribution in [3.63, 3.8) is 0 Å². The Morgan fingerprint density at radius 3 is 2.53 bits per heavy atom. The van der Waals surface area contributed by atoms with Crippen LogP contribution in [0.1, 0.15) is 24.3 Å². The van der Waals surface area contributed by atoms with Crippen molar-refractivity contribution in [2.45, 2.75) is 18.8 Å². The van der Waals surface area contributed by atoms with E-state index in [2.05, 4.69) is 21.8 Å². The van der Waals surface area contributed by atoms with Crippen LogP contribution in [-0.2, 0) is 0 Å². The number of aromatic nitrogens is 1. The summed E-state index contributed by atoms with van der Waals surface area (Å²) in [7, 11) is 0. The molecule has 0 bridgehead atoms. The lowest BCUT2D eigenvalue weighted by Crippen LogP contribution is -2.26. The van der Waals surface area contributed by atoms with Crippen LogP contribution in [0, 0.1) is 0 Å². The minimum atomic E-state index is 0. The fourth-order valence-electron chi connectivity index (χ4n) is 2.57. The van der Waals surface area contributed by atoms with E-state index >= 15 is 0 Å². The third-order valence-electron chi connectivity index (χ3n) is 3.49. The summed E-state index contributed by atoms with van der Waals surface area (Å²) >= 11 is 1.40. The zero-order valence-electron chi connectivity index (χ0n) is 10.5. The first-order valence-corrected chi connectivity index (χ1v) is 7.08. The lowest BCUT2D eigenvalue weighted by molar-refractivity contribution is 0.418. The molecule has 0 amide bonds. The standard InChI is InChI=1S/C14H16N2OS.BrH/c17-14-12(10-6-8-15-9-7-10)13(18-16-14)11-4-2-1-3-5-11;/h1-5,10,15H,6-9H2,(H,16,17);1H. The summed E-state index contributed by atoms with van der Waals surface area (Å²) in [6, 6.07) is 10.2. The first kappa shape index (κ1) is 14.5. The van der Waals surface area contributed by atoms with Gasteiger partial charge in [-0.15, -0.1) is 17.0 Å². The van der Waals surface area contributed by atoms with Crippen molar-refractivity contribution in [3.05, 3.63) is 35.9 Å². The molecule has 0 saturated carbocycles. The molecule has 1 aliphatic rings. The molecule has 0 aliphatic carbocycles. The molecule has 1 aromatic carbocycles. The number of piperidine rings is 1. The second kappa shape index (κ2) is 6.50. The molecule has 19 heavy (non-hydrogen) atoms. The number of rotatable bonds is 2. The maximum atomic E-state index is 10.0. The lowest BCUT2D eigenvalue weighted by Gasteiger charge is -2.22. The smallest absolute Gasteiger partial charge is 0.226 e. The molecule has 1 fully saturated rings. The van der Waals surface area contributed by atoms with Gasteiger partial charge in [0.25, 0.3) is 0 Å². The Bertz CT molecular complexity index is 523. The van der Waals surface area contributed by atoms with E-state index in [4.69, 9.17) is 0 Å². The molecule has 0 unspecified atom stereocenters. The third kappa shape index (κ3) is 2.99. The van der Waals surface area contributed by atoms with Crippen LogP contribution in [0.5, 0.6) is 5.88 Å². The van der Waals surface area contributed by atoms with E-state index in [-0.39, 0.29) is 22.9 Å². The van der Waals surface area contributed by atoms with Gasteiger partial charge in [-0.3, -0.25) is 0 Å². The molecule has 1 saturated heterocycles. The van der Waals surface area contributed by atoms with Crippen LogP contribution in [-0.4, -0.2) is 22.6 Å². The Morgan fingerprint density at radius 2 is 1.84 bits per heavy atom. The van der Waals surface area contributed by atoms with E-state index in [1.54, 1.807) is 0 Å². The average molecular weight is 341 g/mol. The van der Waals surface area contributed by atoms with Crippen molar-refractivity contribution in [2.75, 3.05) is 13.1 Å². The van der Waals surface area contributed by atoms with Gasteiger partial charge in [-0.05, 0) is 48.9 Å². The second-order valence-electron chi connectivity index (χ2n) is 4.64. The summed E-state index contributed by atoms with van der Waals surface area (Å²) in [5.74, 6) is 0.658. The molecule has 2 N–H and O–H groups in total. The van der Waals surface area contributed by atoms with Gasteiger partial charge in [-0.1, -0.05) is 30.3 Å². The highest BCUT2D eigenvalue weighted by Crippen LogP contribution is 2.41. The van der Waals surface area contributed by atoms with Gasteiger partial charge in [-0.25, -0.2) is 0 Å². The van der Waals surface area contributed by atoms with Gasteiger partial charge >= 0.3 is 0 Å². The lowest BCUT2D eigenvalue weighted by atomic mass is 9.89. The van der Waals surface area contributed by atoms with Crippen LogP contribution < -0.4 is 5.32 Å². The van der Waals surface area contributed by atoms with Gasteiger partial charge < -0.3 is 10.4 Å². The van der Waals surface area contributed by atoms with Crippen LogP contribution in [0.4, 0.5) is 0 Å². The molecule has 0 radical (unpaired) electrons. The normalized spacial score (nSPS) is 16.0. The van der Waals surface area contributed by atoms with E-state index in [1.807, 2.05) is 18.2 Å². The highest BCUT2D eigenvalue weighted by atomic mass is 79.9. The molecule has 1 aliphatic heterocycles. The quantitative estimate of drug-likeness (QED) is 0.878. The molecule has 5 heteroatoms. The summed E-state index contributed by atoms with van der Waals surface area (Å²) in [5, 5.41) is 13.4. The maximum absolute atomic E-state index is 10.0. The van der Waals surface area contributed by atoms with Gasteiger partial charge in [0.15, 0.2) is 0 Å². The number of aromatic hydroxyl groups is 1. The Kier molecular flexibility index (Phi) is 4.96. The van der Waals surface area contributed by atoms with Gasteiger partial charge in [0.2, 0.25) is 5.88 Å². The van der Waals surface area contributed by atoms with E-state index in [9.17, 15) is 5.11 Å². The number of benzene rings is 1. The molecular formula is C14H17BrN2OS. The zero-order valence-corrected chi connectivity index (χ0v) is 13.0. The van der Waals surface area contributed by atoms with Gasteiger partial charge in [-0.2, -0.15) is 4.37 Å². The predicted octanol–water partition coefficient (Wildman–Crippen LogP) is 3.56. The summed E-state index contributed by atoms with van der Waals surface area (Å²) in [6.45, 7) is 2.04. The number of hydrogen-bond acceptors (Lipinski definition) is 4. The van der Waals surface area contributed by atoms with Crippen LogP contribution in [0.25, 0.3) is 10.4 Å². The maximum Gasteiger partial charge on any atom is 0.226 e. The fraction of sp³-hybridized carbons (Fsp3) is 0.357. The Morgan fingerprint density at radius 1 is 1.16 bits per heavy atom. The fourth-order valence-corrected chi connectivity index (χ4v) is 3.44. The molecule has 0 spiro atoms. The molecule has 3 nitrogen and oxygen atoms in total. The first-order chi connectivity index (χ1) is 8.86. The third-order valence-corrected chi connectivity index (χ3v) is 4.39. The molecule has 2 aromatic rings. The van der Waals surface area contributed by atoms with Crippen LogP contribution in [0.3, 0.4) is 0 Å². The molecule has 1 aromatic heterocycles. The van der Waals surface area contributed by atoms with E-state index in [0.717, 1.165) is 41.9 Å². The SMILES string of the molecule is Br.Oc1nsc(-c2ccccc2)c1C1CCNCC1.